The quantitative estimate of drug-likeness (QED) is 0.0844. The zero-order valence-corrected chi connectivity index (χ0v) is 24.8. The number of nitrogens with zero attached hydrogens (tertiary/aromatic N) is 4. The molecule has 0 aliphatic rings. The van der Waals surface area contributed by atoms with E-state index in [0.717, 1.165) is 13.8 Å². The number of aliphatic carboxylic acids is 4. The fraction of sp³-hybridized carbons (Fsp3) is 0.636. The van der Waals surface area contributed by atoms with Crippen molar-refractivity contribution in [2.75, 3.05) is 78.7 Å². The maximum absolute atomic E-state index is 12.7. The summed E-state index contributed by atoms with van der Waals surface area (Å²) in [5.74, 6) is -8.71. The van der Waals surface area contributed by atoms with E-state index in [9.17, 15) is 38.4 Å². The molecule has 18 nitrogen and oxygen atoms in total. The van der Waals surface area contributed by atoms with E-state index in [0.29, 0.717) is 9.80 Å². The number of carbonyl (C=O) groups is 8. The van der Waals surface area contributed by atoms with Gasteiger partial charge in [0.25, 0.3) is 0 Å². The van der Waals surface area contributed by atoms with Gasteiger partial charge < -0.3 is 39.7 Å². The topological polar surface area (TPSA) is 249 Å². The largest absolute Gasteiger partial charge is 0.480 e. The van der Waals surface area contributed by atoms with Crippen molar-refractivity contribution in [3.63, 3.8) is 0 Å². The van der Waals surface area contributed by atoms with Crippen LogP contribution in [0.4, 0.5) is 0 Å². The third kappa shape index (κ3) is 21.4. The molecule has 0 unspecified atom stereocenters. The summed E-state index contributed by atoms with van der Waals surface area (Å²) >= 11 is 0. The molecule has 0 aromatic heterocycles. The number of ether oxygens (including phenoxy) is 2. The molecule has 0 fully saturated rings. The molecule has 4 N–H and O–H groups in total. The number of esters is 2. The maximum atomic E-state index is 12.7. The summed E-state index contributed by atoms with van der Waals surface area (Å²) in [6, 6.07) is 0. The minimum absolute atomic E-state index is 0. The van der Waals surface area contributed by atoms with Gasteiger partial charge in [-0.15, -0.1) is 0 Å². The van der Waals surface area contributed by atoms with Gasteiger partial charge in [0.15, 0.2) is 0 Å². The molecule has 0 heterocycles. The number of hydrogen-bond acceptors (Lipinski definition) is 12. The first kappa shape index (κ1) is 40.1. The van der Waals surface area contributed by atoms with Crippen LogP contribution in [0.3, 0.4) is 0 Å². The Morgan fingerprint density at radius 3 is 0.976 bits per heavy atom. The number of hydrogen-bond donors (Lipinski definition) is 4. The van der Waals surface area contributed by atoms with Crippen LogP contribution in [0, 0.1) is 39.9 Å². The van der Waals surface area contributed by atoms with Gasteiger partial charge in [0.1, 0.15) is 39.4 Å². The van der Waals surface area contributed by atoms with E-state index < -0.39 is 86.9 Å². The molecule has 0 aliphatic heterocycles. The van der Waals surface area contributed by atoms with Crippen molar-refractivity contribution in [3.05, 3.63) is 0 Å². The zero-order valence-electron chi connectivity index (χ0n) is 22.5. The maximum Gasteiger partial charge on any atom is 0.323 e. The normalized spacial score (nSPS) is 10.3. The van der Waals surface area contributed by atoms with Crippen molar-refractivity contribution < 1.29 is 108 Å². The minimum Gasteiger partial charge on any atom is -0.480 e. The van der Waals surface area contributed by atoms with Gasteiger partial charge in [-0.2, -0.15) is 0 Å². The first-order valence-electron chi connectivity index (χ1n) is 11.7. The Kier molecular flexibility index (Phi) is 21.3. The molecule has 0 aromatic rings. The summed E-state index contributed by atoms with van der Waals surface area (Å²) in [5.41, 5.74) is 0. The van der Waals surface area contributed by atoms with Crippen LogP contribution in [-0.2, 0) is 47.8 Å². The molecule has 0 spiro atoms. The van der Waals surface area contributed by atoms with Crippen molar-refractivity contribution in [2.45, 2.75) is 13.8 Å². The fourth-order valence-corrected chi connectivity index (χ4v) is 3.16. The van der Waals surface area contributed by atoms with Crippen LogP contribution < -0.4 is 0 Å². The summed E-state index contributed by atoms with van der Waals surface area (Å²) in [6.07, 6.45) is 0. The van der Waals surface area contributed by atoms with Crippen molar-refractivity contribution in [3.8, 4) is 0 Å². The van der Waals surface area contributed by atoms with Gasteiger partial charge in [-0.3, -0.25) is 48.2 Å². The predicted molar refractivity (Wildman–Crippen MR) is 130 cm³/mol. The Labute approximate surface area is 266 Å². The second-order valence-corrected chi connectivity index (χ2v) is 8.31. The van der Waals surface area contributed by atoms with Crippen molar-refractivity contribution in [1.82, 2.24) is 19.6 Å². The third-order valence-corrected chi connectivity index (χ3v) is 4.89. The Bertz CT molecular complexity index is 841. The van der Waals surface area contributed by atoms with Crippen LogP contribution in [0.2, 0.25) is 0 Å². The number of rotatable bonds is 21. The molecule has 0 bridgehead atoms. The van der Waals surface area contributed by atoms with E-state index in [1.165, 1.54) is 9.80 Å². The van der Waals surface area contributed by atoms with E-state index in [1.807, 2.05) is 0 Å². The molecular weight excluding hydrogens is 702 g/mol. The Morgan fingerprint density at radius 1 is 0.488 bits per heavy atom. The van der Waals surface area contributed by atoms with Crippen molar-refractivity contribution >= 4 is 47.6 Å². The van der Waals surface area contributed by atoms with E-state index in [2.05, 4.69) is 0 Å². The number of carboxylic acids is 4. The van der Waals surface area contributed by atoms with Crippen LogP contribution in [0.5, 0.6) is 0 Å². The van der Waals surface area contributed by atoms with Gasteiger partial charge in [0, 0.05) is 80.0 Å². The van der Waals surface area contributed by atoms with Crippen molar-refractivity contribution in [1.29, 1.82) is 0 Å². The Balaban J connectivity index is 0. The minimum atomic E-state index is -1.44. The summed E-state index contributed by atoms with van der Waals surface area (Å²) in [4.78, 5) is 96.0. The predicted octanol–water partition coefficient (Wildman–Crippen LogP) is -3.29. The van der Waals surface area contributed by atoms with E-state index in [4.69, 9.17) is 29.9 Å². The summed E-state index contributed by atoms with van der Waals surface area (Å²) in [5, 5.41) is 36.0. The number of carboxylic acid groups (broad SMARTS) is 4. The first-order chi connectivity index (χ1) is 18.6. The molecule has 0 rings (SSSR count). The van der Waals surface area contributed by atoms with E-state index >= 15 is 0 Å². The molecule has 2 amide bonds. The smallest absolute Gasteiger partial charge is 0.323 e. The molecule has 0 aliphatic carbocycles. The second kappa shape index (κ2) is 21.7. The Hall–Kier alpha value is -3.00. The van der Waals surface area contributed by atoms with Crippen LogP contribution in [-0.4, -0.2) is 166 Å². The standard InChI is InChI=1S/C22H34N4O14.Gd/c1-15(27)39-7-5-23(9-17(29)25(11-19(31)32)12-20(33)34)3-4-24(6-8-40-16(2)28)10-18(30)26(13-21(35)36)14-22(37)38;/h3-14H2,1-2H3,(H,31,32)(H,33,34)(H,35,36)(H,37,38);. The molecule has 0 saturated heterocycles. The van der Waals surface area contributed by atoms with E-state index in [1.54, 1.807) is 0 Å². The molecule has 19 heteroatoms. The van der Waals surface area contributed by atoms with Gasteiger partial charge >= 0.3 is 35.8 Å². The zero-order chi connectivity index (χ0) is 30.8. The summed E-state index contributed by atoms with van der Waals surface area (Å²) < 4.78 is 9.75. The molecule has 41 heavy (non-hydrogen) atoms. The van der Waals surface area contributed by atoms with Gasteiger partial charge in [0.2, 0.25) is 11.8 Å². The second-order valence-electron chi connectivity index (χ2n) is 8.31. The van der Waals surface area contributed by atoms with Gasteiger partial charge in [-0.1, -0.05) is 0 Å². The molecule has 0 atom stereocenters. The molecule has 0 radical (unpaired) electrons. The van der Waals surface area contributed by atoms with Gasteiger partial charge in [-0.05, 0) is 0 Å². The van der Waals surface area contributed by atoms with Crippen molar-refractivity contribution in [2.24, 2.45) is 0 Å². The summed E-state index contributed by atoms with van der Waals surface area (Å²) in [6.45, 7) is -2.72. The monoisotopic (exact) mass is 736 g/mol. The van der Waals surface area contributed by atoms with Crippen LogP contribution in [0.15, 0.2) is 0 Å². The van der Waals surface area contributed by atoms with Crippen LogP contribution in [0.25, 0.3) is 0 Å². The SMILES string of the molecule is CC(=O)OCCN(CCN(CCOC(C)=O)CC(=O)N(CC(=O)O)CC(=O)O)CC(=O)N(CC(=O)O)CC(=O)O.[Gd]. The number of carbonyl (C=O) groups excluding carboxylic acids is 4. The van der Waals surface area contributed by atoms with Gasteiger partial charge in [0.05, 0.1) is 13.1 Å². The summed E-state index contributed by atoms with van der Waals surface area (Å²) in [7, 11) is 0. The molecular formula is C22H34GdN4O14. The van der Waals surface area contributed by atoms with Gasteiger partial charge in [-0.25, -0.2) is 0 Å². The Morgan fingerprint density at radius 2 is 0.756 bits per heavy atom. The molecule has 0 saturated carbocycles. The molecule has 234 valence electrons. The third-order valence-electron chi connectivity index (χ3n) is 4.89. The average molecular weight is 736 g/mol. The van der Waals surface area contributed by atoms with Crippen LogP contribution >= 0.6 is 0 Å². The number of amides is 2. The average Bonchev–Trinajstić information content (AvgIpc) is 2.79. The fourth-order valence-electron chi connectivity index (χ4n) is 3.16. The van der Waals surface area contributed by atoms with E-state index in [-0.39, 0.29) is 79.3 Å². The first-order valence-corrected chi connectivity index (χ1v) is 11.7. The van der Waals surface area contributed by atoms with Crippen LogP contribution in [0.1, 0.15) is 13.8 Å². The molecule has 0 aromatic carbocycles.